The minimum absolute atomic E-state index is 0.155. The number of Topliss-reactive ketones (excluding diaryl/α,β-unsaturated/α-hetero) is 1. The van der Waals surface area contributed by atoms with Gasteiger partial charge in [-0.2, -0.15) is 0 Å². The molecular formula is C19H20O2. The van der Waals surface area contributed by atoms with E-state index in [0.717, 1.165) is 23.3 Å². The fourth-order valence-electron chi connectivity index (χ4n) is 2.80. The van der Waals surface area contributed by atoms with E-state index in [4.69, 9.17) is 4.74 Å². The van der Waals surface area contributed by atoms with Gasteiger partial charge in [0.05, 0.1) is 5.92 Å². The van der Waals surface area contributed by atoms with E-state index in [1.54, 1.807) is 0 Å². The lowest BCUT2D eigenvalue weighted by molar-refractivity contribution is 0.0947. The number of hydrogen-bond donors (Lipinski definition) is 0. The van der Waals surface area contributed by atoms with E-state index in [2.05, 4.69) is 19.1 Å². The second-order valence-electron chi connectivity index (χ2n) is 5.57. The minimum Gasteiger partial charge on any atom is -0.492 e. The zero-order valence-electron chi connectivity index (χ0n) is 12.3. The van der Waals surface area contributed by atoms with Crippen LogP contribution in [0.3, 0.4) is 0 Å². The number of benzene rings is 2. The Morgan fingerprint density at radius 1 is 1.14 bits per heavy atom. The van der Waals surface area contributed by atoms with E-state index in [1.165, 1.54) is 18.4 Å². The molecule has 0 aromatic heterocycles. The van der Waals surface area contributed by atoms with Gasteiger partial charge in [-0.25, -0.2) is 0 Å². The number of para-hydroxylation sites is 1. The first-order valence-electron chi connectivity index (χ1n) is 7.64. The Morgan fingerprint density at radius 2 is 1.90 bits per heavy atom. The average molecular weight is 280 g/mol. The van der Waals surface area contributed by atoms with Crippen molar-refractivity contribution < 1.29 is 9.53 Å². The minimum atomic E-state index is -0.164. The van der Waals surface area contributed by atoms with Crippen LogP contribution < -0.4 is 4.74 Å². The zero-order valence-corrected chi connectivity index (χ0v) is 12.3. The van der Waals surface area contributed by atoms with Gasteiger partial charge >= 0.3 is 0 Å². The fourth-order valence-corrected chi connectivity index (χ4v) is 2.80. The Bertz CT molecular complexity index is 628. The van der Waals surface area contributed by atoms with Crippen molar-refractivity contribution in [3.05, 3.63) is 65.2 Å². The molecule has 0 radical (unpaired) electrons. The van der Waals surface area contributed by atoms with Crippen LogP contribution in [0.15, 0.2) is 48.5 Å². The molecule has 0 spiro atoms. The lowest BCUT2D eigenvalue weighted by Gasteiger charge is -2.08. The summed E-state index contributed by atoms with van der Waals surface area (Å²) in [6, 6.07) is 15.9. The molecule has 0 N–H and O–H groups in total. The van der Waals surface area contributed by atoms with Crippen LogP contribution in [0.2, 0.25) is 0 Å². The molecule has 2 heteroatoms. The SMILES string of the molecule is CCCCc1ccc(C(=O)C2COc3ccccc32)cc1. The topological polar surface area (TPSA) is 26.3 Å². The maximum Gasteiger partial charge on any atom is 0.173 e. The van der Waals surface area contributed by atoms with Crippen molar-refractivity contribution >= 4 is 5.78 Å². The summed E-state index contributed by atoms with van der Waals surface area (Å²) in [4.78, 5) is 12.7. The van der Waals surface area contributed by atoms with Crippen LogP contribution in [0, 0.1) is 0 Å². The molecule has 1 atom stereocenters. The van der Waals surface area contributed by atoms with Crippen LogP contribution in [-0.4, -0.2) is 12.4 Å². The summed E-state index contributed by atoms with van der Waals surface area (Å²) in [7, 11) is 0. The third-order valence-electron chi connectivity index (χ3n) is 4.07. The Morgan fingerprint density at radius 3 is 2.67 bits per heavy atom. The van der Waals surface area contributed by atoms with Gasteiger partial charge in [-0.15, -0.1) is 0 Å². The number of fused-ring (bicyclic) bond motifs is 1. The van der Waals surface area contributed by atoms with Gasteiger partial charge in [0.2, 0.25) is 0 Å². The maximum absolute atomic E-state index is 12.7. The van der Waals surface area contributed by atoms with Gasteiger partial charge in [-0.3, -0.25) is 4.79 Å². The van der Waals surface area contributed by atoms with E-state index in [1.807, 2.05) is 36.4 Å². The highest BCUT2D eigenvalue weighted by molar-refractivity contribution is 6.01. The molecule has 0 amide bonds. The standard InChI is InChI=1S/C19H20O2/c1-2-3-6-14-9-11-15(12-10-14)19(20)17-13-21-18-8-5-4-7-16(17)18/h4-5,7-12,17H,2-3,6,13H2,1H3. The normalized spacial score (nSPS) is 16.3. The molecule has 1 aliphatic heterocycles. The average Bonchev–Trinajstić information content (AvgIpc) is 2.97. The first kappa shape index (κ1) is 13.9. The van der Waals surface area contributed by atoms with Crippen LogP contribution in [0.5, 0.6) is 5.75 Å². The van der Waals surface area contributed by atoms with Crippen LogP contribution in [0.1, 0.15) is 47.2 Å². The van der Waals surface area contributed by atoms with Crippen molar-refractivity contribution in [2.45, 2.75) is 32.1 Å². The summed E-state index contributed by atoms with van der Waals surface area (Å²) in [5, 5.41) is 0. The van der Waals surface area contributed by atoms with Gasteiger partial charge in [-0.1, -0.05) is 55.8 Å². The lowest BCUT2D eigenvalue weighted by atomic mass is 9.92. The molecule has 108 valence electrons. The third-order valence-corrected chi connectivity index (χ3v) is 4.07. The fraction of sp³-hybridized carbons (Fsp3) is 0.316. The van der Waals surface area contributed by atoms with Crippen molar-refractivity contribution in [2.24, 2.45) is 0 Å². The second-order valence-corrected chi connectivity index (χ2v) is 5.57. The first-order valence-corrected chi connectivity index (χ1v) is 7.64. The molecule has 1 heterocycles. The van der Waals surface area contributed by atoms with Crippen LogP contribution in [-0.2, 0) is 6.42 Å². The highest BCUT2D eigenvalue weighted by Crippen LogP contribution is 2.35. The number of carbonyl (C=O) groups is 1. The summed E-state index contributed by atoms with van der Waals surface area (Å²) >= 11 is 0. The lowest BCUT2D eigenvalue weighted by Crippen LogP contribution is -2.14. The summed E-state index contributed by atoms with van der Waals surface area (Å²) < 4.78 is 5.61. The number of aryl methyl sites for hydroxylation is 1. The zero-order chi connectivity index (χ0) is 14.7. The molecular weight excluding hydrogens is 260 g/mol. The van der Waals surface area contributed by atoms with E-state index in [9.17, 15) is 4.79 Å². The van der Waals surface area contributed by atoms with Crippen molar-refractivity contribution in [1.82, 2.24) is 0 Å². The molecule has 0 saturated heterocycles. The number of carbonyl (C=O) groups excluding carboxylic acids is 1. The molecule has 0 bridgehead atoms. The summed E-state index contributed by atoms with van der Waals surface area (Å²) in [6.07, 6.45) is 3.47. The summed E-state index contributed by atoms with van der Waals surface area (Å²) in [6.45, 7) is 2.64. The smallest absolute Gasteiger partial charge is 0.173 e. The first-order chi connectivity index (χ1) is 10.3. The largest absolute Gasteiger partial charge is 0.492 e. The number of ether oxygens (including phenoxy) is 1. The van der Waals surface area contributed by atoms with Gasteiger partial charge in [0.1, 0.15) is 12.4 Å². The van der Waals surface area contributed by atoms with E-state index in [-0.39, 0.29) is 11.7 Å². The number of hydrogen-bond acceptors (Lipinski definition) is 2. The monoisotopic (exact) mass is 280 g/mol. The quantitative estimate of drug-likeness (QED) is 0.759. The number of ketones is 1. The van der Waals surface area contributed by atoms with Crippen LogP contribution in [0.25, 0.3) is 0 Å². The van der Waals surface area contributed by atoms with Crippen LogP contribution >= 0.6 is 0 Å². The van der Waals surface area contributed by atoms with Crippen molar-refractivity contribution in [3.63, 3.8) is 0 Å². The predicted molar refractivity (Wildman–Crippen MR) is 84.1 cm³/mol. The number of rotatable bonds is 5. The number of unbranched alkanes of at least 4 members (excludes halogenated alkanes) is 1. The molecule has 3 rings (SSSR count). The second kappa shape index (κ2) is 6.13. The molecule has 2 aromatic rings. The summed E-state index contributed by atoms with van der Waals surface area (Å²) in [5.74, 6) is 0.833. The van der Waals surface area contributed by atoms with E-state index < -0.39 is 0 Å². The maximum atomic E-state index is 12.7. The predicted octanol–water partition coefficient (Wildman–Crippen LogP) is 4.39. The van der Waals surface area contributed by atoms with Gasteiger partial charge < -0.3 is 4.74 Å². The van der Waals surface area contributed by atoms with Gasteiger partial charge in [-0.05, 0) is 24.5 Å². The van der Waals surface area contributed by atoms with Crippen LogP contribution in [0.4, 0.5) is 0 Å². The molecule has 0 fully saturated rings. The van der Waals surface area contributed by atoms with Gasteiger partial charge in [0, 0.05) is 11.1 Å². The molecule has 0 saturated carbocycles. The van der Waals surface area contributed by atoms with Crippen molar-refractivity contribution in [2.75, 3.05) is 6.61 Å². The Hall–Kier alpha value is -2.09. The Kier molecular flexibility index (Phi) is 4.05. The van der Waals surface area contributed by atoms with E-state index >= 15 is 0 Å². The van der Waals surface area contributed by atoms with Gasteiger partial charge in [0.15, 0.2) is 5.78 Å². The Balaban J connectivity index is 1.77. The molecule has 1 unspecified atom stereocenters. The third kappa shape index (κ3) is 2.85. The molecule has 2 nitrogen and oxygen atoms in total. The molecule has 0 aliphatic carbocycles. The highest BCUT2D eigenvalue weighted by atomic mass is 16.5. The summed E-state index contributed by atoms with van der Waals surface area (Å²) in [5.41, 5.74) is 3.09. The Labute approximate surface area is 125 Å². The molecule has 2 aromatic carbocycles. The van der Waals surface area contributed by atoms with Crippen molar-refractivity contribution in [1.29, 1.82) is 0 Å². The molecule has 1 aliphatic rings. The van der Waals surface area contributed by atoms with Gasteiger partial charge in [0.25, 0.3) is 0 Å². The highest BCUT2D eigenvalue weighted by Gasteiger charge is 2.30. The molecule has 21 heavy (non-hydrogen) atoms. The van der Waals surface area contributed by atoms with E-state index in [0.29, 0.717) is 6.61 Å². The van der Waals surface area contributed by atoms with Crippen molar-refractivity contribution in [3.8, 4) is 5.75 Å².